The van der Waals surface area contributed by atoms with Gasteiger partial charge in [0.15, 0.2) is 17.4 Å². The number of ether oxygens (including phenoxy) is 2. The molecule has 1 heterocycles. The Hall–Kier alpha value is -1.26. The first-order valence-electron chi connectivity index (χ1n) is 4.78. The number of carbonyl (C=O) groups is 2. The average Bonchev–Trinajstić information content (AvgIpc) is 2.24. The third-order valence-corrected chi connectivity index (χ3v) is 2.80. The van der Waals surface area contributed by atoms with Gasteiger partial charge in [-0.1, -0.05) is 0 Å². The van der Waals surface area contributed by atoms with Gasteiger partial charge < -0.3 is 9.47 Å². The molecule has 1 unspecified atom stereocenters. The van der Waals surface area contributed by atoms with Crippen LogP contribution in [0.2, 0.25) is 0 Å². The Labute approximate surface area is 87.5 Å². The first kappa shape index (κ1) is 10.3. The molecule has 0 saturated heterocycles. The van der Waals surface area contributed by atoms with Gasteiger partial charge in [0, 0.05) is 19.1 Å². The van der Waals surface area contributed by atoms with Gasteiger partial charge in [-0.15, -0.1) is 0 Å². The second-order valence-electron chi connectivity index (χ2n) is 3.66. The Morgan fingerprint density at radius 1 is 1.33 bits per heavy atom. The van der Waals surface area contributed by atoms with E-state index in [1.807, 2.05) is 0 Å². The number of rotatable bonds is 1. The van der Waals surface area contributed by atoms with Gasteiger partial charge in [0.25, 0.3) is 0 Å². The number of methoxy groups -OCH3 is 1. The van der Waals surface area contributed by atoms with Crippen LogP contribution in [0.4, 0.5) is 0 Å². The predicted molar refractivity (Wildman–Crippen MR) is 52.2 cm³/mol. The summed E-state index contributed by atoms with van der Waals surface area (Å²) in [7, 11) is 1.46. The zero-order valence-electron chi connectivity index (χ0n) is 8.70. The highest BCUT2D eigenvalue weighted by Gasteiger charge is 2.41. The summed E-state index contributed by atoms with van der Waals surface area (Å²) in [6.07, 6.45) is 3.05. The van der Waals surface area contributed by atoms with Crippen molar-refractivity contribution in [1.29, 1.82) is 0 Å². The van der Waals surface area contributed by atoms with Gasteiger partial charge in [0.2, 0.25) is 0 Å². The first-order chi connectivity index (χ1) is 7.08. The topological polar surface area (TPSA) is 52.6 Å². The van der Waals surface area contributed by atoms with Crippen molar-refractivity contribution in [3.8, 4) is 0 Å². The maximum absolute atomic E-state index is 11.7. The van der Waals surface area contributed by atoms with Crippen molar-refractivity contribution in [1.82, 2.24) is 0 Å². The Morgan fingerprint density at radius 3 is 2.67 bits per heavy atom. The Balaban J connectivity index is 2.54. The fourth-order valence-corrected chi connectivity index (χ4v) is 1.93. The molecule has 2 aliphatic rings. The summed E-state index contributed by atoms with van der Waals surface area (Å²) < 4.78 is 10.6. The highest BCUT2D eigenvalue weighted by atomic mass is 16.7. The molecular formula is C11H12O4. The van der Waals surface area contributed by atoms with E-state index in [1.165, 1.54) is 19.3 Å². The molecule has 80 valence electrons. The lowest BCUT2D eigenvalue weighted by Gasteiger charge is -2.36. The molecule has 0 saturated carbocycles. The van der Waals surface area contributed by atoms with E-state index in [2.05, 4.69) is 0 Å². The first-order valence-corrected chi connectivity index (χ1v) is 4.78. The monoisotopic (exact) mass is 208 g/mol. The number of hydrogen-bond donors (Lipinski definition) is 0. The molecule has 2 rings (SSSR count). The molecule has 0 aromatic heterocycles. The molecule has 0 fully saturated rings. The molecule has 0 spiro atoms. The smallest absolute Gasteiger partial charge is 0.195 e. The molecule has 4 heteroatoms. The van der Waals surface area contributed by atoms with Crippen molar-refractivity contribution >= 4 is 11.6 Å². The van der Waals surface area contributed by atoms with Gasteiger partial charge in [-0.05, 0) is 19.1 Å². The molecule has 1 atom stereocenters. The van der Waals surface area contributed by atoms with Crippen molar-refractivity contribution in [3.63, 3.8) is 0 Å². The molecule has 0 N–H and O–H groups in total. The lowest BCUT2D eigenvalue weighted by Crippen LogP contribution is -2.43. The summed E-state index contributed by atoms with van der Waals surface area (Å²) in [6.45, 7) is 2.06. The molecule has 0 bridgehead atoms. The summed E-state index contributed by atoms with van der Waals surface area (Å²) in [5, 5.41) is 0. The third kappa shape index (κ3) is 1.46. The van der Waals surface area contributed by atoms with E-state index in [4.69, 9.17) is 9.47 Å². The number of ketones is 2. The average molecular weight is 208 g/mol. The minimum absolute atomic E-state index is 0.115. The molecule has 4 nitrogen and oxygen atoms in total. The van der Waals surface area contributed by atoms with Crippen molar-refractivity contribution in [2.45, 2.75) is 19.1 Å². The highest BCUT2D eigenvalue weighted by Crippen LogP contribution is 2.34. The standard InChI is InChI=1S/C11H12O4/c1-11(14-2)10-7(5-6-15-11)8(12)3-4-9(10)13/h3-4H,5-6H2,1-2H3. The van der Waals surface area contributed by atoms with Crippen LogP contribution in [-0.4, -0.2) is 31.1 Å². The highest BCUT2D eigenvalue weighted by molar-refractivity contribution is 6.20. The van der Waals surface area contributed by atoms with Crippen molar-refractivity contribution in [3.05, 3.63) is 23.3 Å². The van der Waals surface area contributed by atoms with Gasteiger partial charge in [-0.2, -0.15) is 0 Å². The number of allylic oxidation sites excluding steroid dienone is 2. The Kier molecular flexibility index (Phi) is 2.32. The lowest BCUT2D eigenvalue weighted by molar-refractivity contribution is -0.191. The summed E-state index contributed by atoms with van der Waals surface area (Å²) in [5.74, 6) is -1.39. The van der Waals surface area contributed by atoms with Crippen LogP contribution in [0.5, 0.6) is 0 Å². The van der Waals surface area contributed by atoms with Crippen LogP contribution < -0.4 is 0 Å². The SMILES string of the molecule is COC1(C)OCCC2=C1C(=O)C=CC2=O. The Morgan fingerprint density at radius 2 is 2.00 bits per heavy atom. The number of hydrogen-bond acceptors (Lipinski definition) is 4. The fraction of sp³-hybridized carbons (Fsp3) is 0.455. The summed E-state index contributed by atoms with van der Waals surface area (Å²) in [5.41, 5.74) is 0.877. The van der Waals surface area contributed by atoms with Crippen LogP contribution in [0.3, 0.4) is 0 Å². The summed E-state index contributed by atoms with van der Waals surface area (Å²) in [4.78, 5) is 23.3. The van der Waals surface area contributed by atoms with E-state index in [0.29, 0.717) is 24.2 Å². The van der Waals surface area contributed by atoms with Crippen LogP contribution >= 0.6 is 0 Å². The van der Waals surface area contributed by atoms with Gasteiger partial charge >= 0.3 is 0 Å². The minimum atomic E-state index is -1.08. The molecule has 1 aliphatic heterocycles. The van der Waals surface area contributed by atoms with E-state index in [0.717, 1.165) is 0 Å². The molecule has 0 amide bonds. The van der Waals surface area contributed by atoms with E-state index in [9.17, 15) is 9.59 Å². The van der Waals surface area contributed by atoms with Gasteiger partial charge in [-0.25, -0.2) is 0 Å². The molecule has 15 heavy (non-hydrogen) atoms. The fourth-order valence-electron chi connectivity index (χ4n) is 1.93. The normalized spacial score (nSPS) is 30.8. The molecular weight excluding hydrogens is 196 g/mol. The Bertz CT molecular complexity index is 391. The maximum atomic E-state index is 11.7. The molecule has 1 aliphatic carbocycles. The second kappa shape index (κ2) is 3.40. The zero-order chi connectivity index (χ0) is 11.1. The number of carbonyl (C=O) groups excluding carboxylic acids is 2. The van der Waals surface area contributed by atoms with E-state index < -0.39 is 5.79 Å². The van der Waals surface area contributed by atoms with E-state index in [1.54, 1.807) is 6.92 Å². The largest absolute Gasteiger partial charge is 0.349 e. The van der Waals surface area contributed by atoms with Crippen molar-refractivity contribution < 1.29 is 19.1 Å². The van der Waals surface area contributed by atoms with Crippen LogP contribution in [-0.2, 0) is 19.1 Å². The molecule has 0 aromatic carbocycles. The van der Waals surface area contributed by atoms with Crippen molar-refractivity contribution in [2.75, 3.05) is 13.7 Å². The zero-order valence-corrected chi connectivity index (χ0v) is 8.70. The van der Waals surface area contributed by atoms with Crippen molar-refractivity contribution in [2.24, 2.45) is 0 Å². The molecule has 0 radical (unpaired) electrons. The van der Waals surface area contributed by atoms with Crippen LogP contribution in [0.1, 0.15) is 13.3 Å². The van der Waals surface area contributed by atoms with E-state index in [-0.39, 0.29) is 11.6 Å². The second-order valence-corrected chi connectivity index (χ2v) is 3.66. The van der Waals surface area contributed by atoms with E-state index >= 15 is 0 Å². The van der Waals surface area contributed by atoms with Gasteiger partial charge in [-0.3, -0.25) is 9.59 Å². The van der Waals surface area contributed by atoms with Crippen LogP contribution in [0.15, 0.2) is 23.3 Å². The summed E-state index contributed by atoms with van der Waals surface area (Å²) in [6, 6.07) is 0. The van der Waals surface area contributed by atoms with Gasteiger partial charge in [0.1, 0.15) is 0 Å². The predicted octanol–water partition coefficient (Wildman–Crippen LogP) is 0.774. The van der Waals surface area contributed by atoms with Crippen LogP contribution in [0, 0.1) is 0 Å². The maximum Gasteiger partial charge on any atom is 0.195 e. The van der Waals surface area contributed by atoms with Gasteiger partial charge in [0.05, 0.1) is 12.2 Å². The summed E-state index contributed by atoms with van der Waals surface area (Å²) >= 11 is 0. The molecule has 0 aromatic rings. The third-order valence-electron chi connectivity index (χ3n) is 2.80. The van der Waals surface area contributed by atoms with Crippen LogP contribution in [0.25, 0.3) is 0 Å². The quantitative estimate of drug-likeness (QED) is 0.597. The minimum Gasteiger partial charge on any atom is -0.349 e. The lowest BCUT2D eigenvalue weighted by atomic mass is 9.86.